The first kappa shape index (κ1) is 11.1. The van der Waals surface area contributed by atoms with Crippen molar-refractivity contribution >= 4 is 23.5 Å². The standard InChI is InChI=1S/C9H3F3N2O3/c10-3-1-5(12)6(2-4(3)11)14-8(16)7(15)13-9(14)17/h1-2H,(H,13,15,17). The Hall–Kier alpha value is -2.38. The lowest BCUT2D eigenvalue weighted by Crippen LogP contribution is -2.31. The van der Waals surface area contributed by atoms with Gasteiger partial charge >= 0.3 is 17.8 Å². The van der Waals surface area contributed by atoms with Crippen LogP contribution in [0.4, 0.5) is 23.7 Å². The molecular weight excluding hydrogens is 241 g/mol. The molecule has 0 saturated carbocycles. The predicted molar refractivity (Wildman–Crippen MR) is 47.3 cm³/mol. The highest BCUT2D eigenvalue weighted by Crippen LogP contribution is 2.24. The average Bonchev–Trinajstić information content (AvgIpc) is 2.48. The second-order valence-corrected chi connectivity index (χ2v) is 3.12. The van der Waals surface area contributed by atoms with Gasteiger partial charge in [-0.2, -0.15) is 0 Å². The number of halogens is 3. The average molecular weight is 244 g/mol. The number of anilines is 1. The van der Waals surface area contributed by atoms with Crippen molar-refractivity contribution < 1.29 is 27.6 Å². The molecule has 1 aliphatic rings. The molecule has 0 aliphatic carbocycles. The van der Waals surface area contributed by atoms with Crippen LogP contribution in [0, 0.1) is 17.5 Å². The number of imide groups is 2. The van der Waals surface area contributed by atoms with E-state index in [1.54, 1.807) is 5.32 Å². The summed E-state index contributed by atoms with van der Waals surface area (Å²) < 4.78 is 38.8. The molecule has 1 aromatic rings. The van der Waals surface area contributed by atoms with Crippen molar-refractivity contribution in [3.63, 3.8) is 0 Å². The maximum Gasteiger partial charge on any atom is 0.336 e. The number of benzene rings is 1. The van der Waals surface area contributed by atoms with Gasteiger partial charge in [0, 0.05) is 12.1 Å². The molecule has 4 amide bonds. The first-order valence-electron chi connectivity index (χ1n) is 4.25. The molecule has 8 heteroatoms. The first-order valence-corrected chi connectivity index (χ1v) is 4.25. The van der Waals surface area contributed by atoms with Crippen LogP contribution in [0.1, 0.15) is 0 Å². The van der Waals surface area contributed by atoms with Gasteiger partial charge in [0.05, 0.1) is 5.69 Å². The Morgan fingerprint density at radius 3 is 2.06 bits per heavy atom. The molecule has 1 fully saturated rings. The Morgan fingerprint density at radius 2 is 1.53 bits per heavy atom. The number of hydrogen-bond donors (Lipinski definition) is 1. The topological polar surface area (TPSA) is 66.5 Å². The molecule has 88 valence electrons. The Bertz CT molecular complexity index is 559. The van der Waals surface area contributed by atoms with Gasteiger partial charge in [-0.1, -0.05) is 0 Å². The Balaban J connectivity index is 2.55. The number of carbonyl (C=O) groups is 3. The second-order valence-electron chi connectivity index (χ2n) is 3.12. The summed E-state index contributed by atoms with van der Waals surface area (Å²) in [6.45, 7) is 0. The Morgan fingerprint density at radius 1 is 0.941 bits per heavy atom. The van der Waals surface area contributed by atoms with Crippen molar-refractivity contribution in [1.29, 1.82) is 0 Å². The number of amides is 4. The highest BCUT2D eigenvalue weighted by molar-refractivity contribution is 6.53. The summed E-state index contributed by atoms with van der Waals surface area (Å²) >= 11 is 0. The van der Waals surface area contributed by atoms with Crippen LogP contribution in [0.25, 0.3) is 0 Å². The third-order valence-corrected chi connectivity index (χ3v) is 2.05. The summed E-state index contributed by atoms with van der Waals surface area (Å²) in [7, 11) is 0. The molecule has 0 atom stereocenters. The molecular formula is C9H3F3N2O3. The fourth-order valence-corrected chi connectivity index (χ4v) is 1.30. The van der Waals surface area contributed by atoms with E-state index in [0.29, 0.717) is 6.07 Å². The van der Waals surface area contributed by atoms with Crippen LogP contribution in [0.5, 0.6) is 0 Å². The summed E-state index contributed by atoms with van der Waals surface area (Å²) in [6.07, 6.45) is 0. The van der Waals surface area contributed by atoms with E-state index in [1.165, 1.54) is 0 Å². The lowest BCUT2D eigenvalue weighted by molar-refractivity contribution is -0.134. The van der Waals surface area contributed by atoms with Crippen LogP contribution in [0.3, 0.4) is 0 Å². The summed E-state index contributed by atoms with van der Waals surface area (Å²) in [5, 5.41) is 1.59. The molecule has 0 radical (unpaired) electrons. The van der Waals surface area contributed by atoms with Crippen LogP contribution in [-0.2, 0) is 9.59 Å². The smallest absolute Gasteiger partial charge is 0.269 e. The van der Waals surface area contributed by atoms with E-state index in [1.807, 2.05) is 0 Å². The monoisotopic (exact) mass is 244 g/mol. The third kappa shape index (κ3) is 1.63. The minimum absolute atomic E-state index is 0.0974. The van der Waals surface area contributed by atoms with Gasteiger partial charge in [-0.05, 0) is 0 Å². The normalized spacial score (nSPS) is 15.5. The van der Waals surface area contributed by atoms with Crippen LogP contribution >= 0.6 is 0 Å². The van der Waals surface area contributed by atoms with Gasteiger partial charge in [0.25, 0.3) is 0 Å². The summed E-state index contributed by atoms with van der Waals surface area (Å²) in [5.41, 5.74) is -0.822. The zero-order valence-corrected chi connectivity index (χ0v) is 7.96. The molecule has 1 aromatic carbocycles. The van der Waals surface area contributed by atoms with Crippen LogP contribution in [-0.4, -0.2) is 17.8 Å². The summed E-state index contributed by atoms with van der Waals surface area (Å²) in [6, 6.07) is -0.723. The van der Waals surface area contributed by atoms with E-state index in [9.17, 15) is 27.6 Å². The van der Waals surface area contributed by atoms with E-state index in [4.69, 9.17) is 0 Å². The molecule has 0 aromatic heterocycles. The number of hydrogen-bond acceptors (Lipinski definition) is 3. The lowest BCUT2D eigenvalue weighted by atomic mass is 10.2. The fourth-order valence-electron chi connectivity index (χ4n) is 1.30. The van der Waals surface area contributed by atoms with E-state index in [-0.39, 0.29) is 11.0 Å². The number of nitrogens with one attached hydrogen (secondary N) is 1. The zero-order chi connectivity index (χ0) is 12.7. The number of carbonyl (C=O) groups excluding carboxylic acids is 3. The molecule has 1 saturated heterocycles. The van der Waals surface area contributed by atoms with E-state index in [0.717, 1.165) is 0 Å². The van der Waals surface area contributed by atoms with Gasteiger partial charge in [-0.15, -0.1) is 0 Å². The largest absolute Gasteiger partial charge is 0.336 e. The number of urea groups is 1. The maximum absolute atomic E-state index is 13.3. The highest BCUT2D eigenvalue weighted by Gasteiger charge is 2.39. The molecule has 0 spiro atoms. The molecule has 17 heavy (non-hydrogen) atoms. The van der Waals surface area contributed by atoms with Gasteiger partial charge < -0.3 is 0 Å². The summed E-state index contributed by atoms with van der Waals surface area (Å²) in [4.78, 5) is 33.2. The van der Waals surface area contributed by atoms with Crippen LogP contribution in [0.15, 0.2) is 12.1 Å². The number of nitrogens with zero attached hydrogens (tertiary/aromatic N) is 1. The first-order chi connectivity index (χ1) is 7.91. The molecule has 2 rings (SSSR count). The van der Waals surface area contributed by atoms with Gasteiger partial charge in [-0.25, -0.2) is 22.9 Å². The van der Waals surface area contributed by atoms with Crippen LogP contribution < -0.4 is 10.2 Å². The van der Waals surface area contributed by atoms with E-state index >= 15 is 0 Å². The summed E-state index contributed by atoms with van der Waals surface area (Å²) in [5.74, 6) is -6.87. The van der Waals surface area contributed by atoms with E-state index in [2.05, 4.69) is 0 Å². The number of rotatable bonds is 1. The van der Waals surface area contributed by atoms with Crippen molar-refractivity contribution in [2.24, 2.45) is 0 Å². The quantitative estimate of drug-likeness (QED) is 0.449. The minimum Gasteiger partial charge on any atom is -0.269 e. The van der Waals surface area contributed by atoms with Crippen molar-refractivity contribution in [3.05, 3.63) is 29.6 Å². The van der Waals surface area contributed by atoms with Gasteiger partial charge in [-0.3, -0.25) is 14.9 Å². The molecule has 5 nitrogen and oxygen atoms in total. The van der Waals surface area contributed by atoms with Gasteiger partial charge in [0.15, 0.2) is 17.5 Å². The van der Waals surface area contributed by atoms with E-state index < -0.39 is 41.0 Å². The SMILES string of the molecule is O=C1NC(=O)N(c2cc(F)c(F)cc2F)C1=O. The van der Waals surface area contributed by atoms with Crippen LogP contribution in [0.2, 0.25) is 0 Å². The highest BCUT2D eigenvalue weighted by atomic mass is 19.2. The molecule has 1 N–H and O–H groups in total. The maximum atomic E-state index is 13.3. The lowest BCUT2D eigenvalue weighted by Gasteiger charge is -2.12. The van der Waals surface area contributed by atoms with Crippen molar-refractivity contribution in [1.82, 2.24) is 5.32 Å². The van der Waals surface area contributed by atoms with Gasteiger partial charge in [0.2, 0.25) is 0 Å². The van der Waals surface area contributed by atoms with Crippen molar-refractivity contribution in [2.45, 2.75) is 0 Å². The van der Waals surface area contributed by atoms with Crippen molar-refractivity contribution in [3.8, 4) is 0 Å². The Kier molecular flexibility index (Phi) is 2.34. The second kappa shape index (κ2) is 3.58. The Labute approximate surface area is 91.8 Å². The zero-order valence-electron chi connectivity index (χ0n) is 7.96. The molecule has 1 aliphatic heterocycles. The van der Waals surface area contributed by atoms with Gasteiger partial charge in [0.1, 0.15) is 0 Å². The molecule has 0 bridgehead atoms. The molecule has 0 unspecified atom stereocenters. The third-order valence-electron chi connectivity index (χ3n) is 2.05. The van der Waals surface area contributed by atoms with Crippen molar-refractivity contribution in [2.75, 3.05) is 4.90 Å². The predicted octanol–water partition coefficient (Wildman–Crippen LogP) is 0.687. The minimum atomic E-state index is -1.47. The fraction of sp³-hybridized carbons (Fsp3) is 0. The molecule has 1 heterocycles.